The number of aromatic nitrogens is 1. The highest BCUT2D eigenvalue weighted by Gasteiger charge is 2.19. The molecule has 0 amide bonds. The molecule has 176 valence electrons. The summed E-state index contributed by atoms with van der Waals surface area (Å²) >= 11 is 0. The second-order valence-electron chi connectivity index (χ2n) is 7.13. The summed E-state index contributed by atoms with van der Waals surface area (Å²) < 4.78 is 36.0. The first-order valence-electron chi connectivity index (χ1n) is 10.1. The van der Waals surface area contributed by atoms with Crippen LogP contribution >= 0.6 is 0 Å². The van der Waals surface area contributed by atoms with Crippen LogP contribution in [0.1, 0.15) is 17.5 Å². The predicted molar refractivity (Wildman–Crippen MR) is 123 cm³/mol. The van der Waals surface area contributed by atoms with Crippen LogP contribution in [0.5, 0.6) is 11.6 Å². The smallest absolute Gasteiger partial charge is 0.339 e. The summed E-state index contributed by atoms with van der Waals surface area (Å²) in [4.78, 5) is 12.8. The molecule has 1 aromatic heterocycles. The van der Waals surface area contributed by atoms with Crippen molar-refractivity contribution in [3.8, 4) is 17.7 Å². The van der Waals surface area contributed by atoms with Crippen molar-refractivity contribution in [2.24, 2.45) is 10.2 Å². The molecule has 0 radical (unpaired) electrons. The maximum absolute atomic E-state index is 12.9. The van der Waals surface area contributed by atoms with Gasteiger partial charge < -0.3 is 14.0 Å². The van der Waals surface area contributed by atoms with Gasteiger partial charge in [0.2, 0.25) is 5.88 Å². The molecule has 1 N–H and O–H groups in total. The number of methoxy groups -OCH3 is 1. The van der Waals surface area contributed by atoms with Gasteiger partial charge in [-0.15, -0.1) is 5.11 Å². The van der Waals surface area contributed by atoms with Crippen LogP contribution in [0.4, 0.5) is 11.4 Å². The Kier molecular flexibility index (Phi) is 7.78. The van der Waals surface area contributed by atoms with E-state index in [1.807, 2.05) is 6.07 Å². The van der Waals surface area contributed by atoms with Crippen molar-refractivity contribution in [2.45, 2.75) is 24.8 Å². The monoisotopic (exact) mass is 482 g/mol. The molecule has 11 heteroatoms. The maximum atomic E-state index is 12.9. The van der Waals surface area contributed by atoms with Crippen LogP contribution in [-0.2, 0) is 21.4 Å². The van der Waals surface area contributed by atoms with Gasteiger partial charge in [-0.25, -0.2) is 0 Å². The van der Waals surface area contributed by atoms with Crippen molar-refractivity contribution in [3.63, 3.8) is 0 Å². The SMILES string of the molecule is COCCCn1c(O)c(C#N)c(C)c(N=Nc2ccc(S(=O)(=O)Oc3ccccc3)cc2)c1=O. The number of para-hydroxylation sites is 1. The van der Waals surface area contributed by atoms with Crippen LogP contribution in [0.15, 0.2) is 74.5 Å². The summed E-state index contributed by atoms with van der Waals surface area (Å²) in [6.07, 6.45) is 0.440. The third-order valence-electron chi connectivity index (χ3n) is 4.84. The summed E-state index contributed by atoms with van der Waals surface area (Å²) in [7, 11) is -2.52. The molecule has 0 unspecified atom stereocenters. The van der Waals surface area contributed by atoms with Crippen molar-refractivity contribution in [1.82, 2.24) is 4.57 Å². The molecule has 0 atom stereocenters. The Hall–Kier alpha value is -4.01. The van der Waals surface area contributed by atoms with Gasteiger partial charge in [0.15, 0.2) is 5.69 Å². The van der Waals surface area contributed by atoms with E-state index in [0.29, 0.717) is 13.0 Å². The Morgan fingerprint density at radius 2 is 1.76 bits per heavy atom. The van der Waals surface area contributed by atoms with Gasteiger partial charge in [-0.2, -0.15) is 18.8 Å². The summed E-state index contributed by atoms with van der Waals surface area (Å²) in [6.45, 7) is 1.98. The first kappa shape index (κ1) is 24.6. The molecule has 2 aromatic carbocycles. The maximum Gasteiger partial charge on any atom is 0.339 e. The van der Waals surface area contributed by atoms with E-state index in [-0.39, 0.29) is 39.7 Å². The quantitative estimate of drug-likeness (QED) is 0.276. The molecule has 34 heavy (non-hydrogen) atoms. The van der Waals surface area contributed by atoms with E-state index < -0.39 is 21.6 Å². The van der Waals surface area contributed by atoms with E-state index in [4.69, 9.17) is 8.92 Å². The van der Waals surface area contributed by atoms with Crippen LogP contribution in [0.3, 0.4) is 0 Å². The zero-order valence-corrected chi connectivity index (χ0v) is 19.3. The molecule has 3 aromatic rings. The Morgan fingerprint density at radius 1 is 1.09 bits per heavy atom. The molecule has 0 saturated carbocycles. The molecule has 0 aliphatic rings. The van der Waals surface area contributed by atoms with Gasteiger partial charge in [-0.05, 0) is 49.7 Å². The third kappa shape index (κ3) is 5.48. The topological polar surface area (TPSA) is 143 Å². The number of rotatable bonds is 9. The molecular formula is C23H22N4O6S. The molecule has 0 aliphatic carbocycles. The molecule has 1 heterocycles. The first-order valence-corrected chi connectivity index (χ1v) is 11.6. The molecule has 0 saturated heterocycles. The molecule has 0 bridgehead atoms. The number of azo groups is 1. The summed E-state index contributed by atoms with van der Waals surface area (Å²) in [5, 5.41) is 27.7. The fourth-order valence-electron chi connectivity index (χ4n) is 3.07. The van der Waals surface area contributed by atoms with Gasteiger partial charge >= 0.3 is 10.1 Å². The molecule has 10 nitrogen and oxygen atoms in total. The van der Waals surface area contributed by atoms with Gasteiger partial charge in [0.25, 0.3) is 5.56 Å². The van der Waals surface area contributed by atoms with Gasteiger partial charge in [0.1, 0.15) is 22.3 Å². The number of nitriles is 1. The molecule has 0 fully saturated rings. The van der Waals surface area contributed by atoms with E-state index in [1.54, 1.807) is 18.2 Å². The van der Waals surface area contributed by atoms with Crippen molar-refractivity contribution in [2.75, 3.05) is 13.7 Å². The summed E-state index contributed by atoms with van der Waals surface area (Å²) in [5.74, 6) is -0.253. The number of nitrogens with zero attached hydrogens (tertiary/aromatic N) is 4. The van der Waals surface area contributed by atoms with Crippen LogP contribution in [0, 0.1) is 18.3 Å². The highest BCUT2D eigenvalue weighted by Crippen LogP contribution is 2.27. The molecule has 0 aliphatic heterocycles. The van der Waals surface area contributed by atoms with E-state index in [2.05, 4.69) is 10.2 Å². The summed E-state index contributed by atoms with van der Waals surface area (Å²) in [5.41, 5.74) is -0.326. The minimum Gasteiger partial charge on any atom is -0.493 e. The molecule has 3 rings (SSSR count). The first-order chi connectivity index (χ1) is 16.3. The Morgan fingerprint density at radius 3 is 2.38 bits per heavy atom. The average Bonchev–Trinajstić information content (AvgIpc) is 2.82. The normalized spacial score (nSPS) is 11.4. The minimum absolute atomic E-state index is 0.0783. The number of pyridine rings is 1. The fraction of sp³-hybridized carbons (Fsp3) is 0.217. The Bertz CT molecular complexity index is 1390. The van der Waals surface area contributed by atoms with E-state index in [9.17, 15) is 23.6 Å². The predicted octanol–water partition coefficient (Wildman–Crippen LogP) is 3.95. The highest BCUT2D eigenvalue weighted by atomic mass is 32.2. The number of ether oxygens (including phenoxy) is 1. The largest absolute Gasteiger partial charge is 0.493 e. The Balaban J connectivity index is 1.88. The van der Waals surface area contributed by atoms with E-state index >= 15 is 0 Å². The number of benzene rings is 2. The summed E-state index contributed by atoms with van der Waals surface area (Å²) in [6, 6.07) is 15.4. The van der Waals surface area contributed by atoms with Gasteiger partial charge in [0, 0.05) is 25.8 Å². The van der Waals surface area contributed by atoms with Crippen molar-refractivity contribution in [3.05, 3.63) is 76.1 Å². The zero-order valence-electron chi connectivity index (χ0n) is 18.5. The minimum atomic E-state index is -4.04. The van der Waals surface area contributed by atoms with Crippen molar-refractivity contribution in [1.29, 1.82) is 5.26 Å². The standard InChI is InChI=1S/C23H22N4O6S/c1-16-20(15-24)22(28)27(13-6-14-32-2)23(29)21(16)26-25-17-9-11-19(12-10-17)34(30,31)33-18-7-4-3-5-8-18/h3-5,7-12,28H,6,13-14H2,1-2H3. The lowest BCUT2D eigenvalue weighted by molar-refractivity contribution is 0.188. The third-order valence-corrected chi connectivity index (χ3v) is 6.10. The van der Waals surface area contributed by atoms with Gasteiger partial charge in [0.05, 0.1) is 5.69 Å². The lowest BCUT2D eigenvalue weighted by Gasteiger charge is -2.12. The number of hydrogen-bond acceptors (Lipinski definition) is 9. The fourth-order valence-corrected chi connectivity index (χ4v) is 4.00. The van der Waals surface area contributed by atoms with E-state index in [0.717, 1.165) is 4.57 Å². The van der Waals surface area contributed by atoms with Crippen molar-refractivity contribution < 1.29 is 22.4 Å². The van der Waals surface area contributed by atoms with E-state index in [1.165, 1.54) is 50.4 Å². The molecular weight excluding hydrogens is 460 g/mol. The lowest BCUT2D eigenvalue weighted by atomic mass is 10.1. The Labute approximate surface area is 196 Å². The number of hydrogen-bond donors (Lipinski definition) is 1. The van der Waals surface area contributed by atoms with Crippen LogP contribution in [0.2, 0.25) is 0 Å². The second kappa shape index (κ2) is 10.7. The molecule has 0 spiro atoms. The average molecular weight is 483 g/mol. The zero-order chi connectivity index (χ0) is 24.7. The lowest BCUT2D eigenvalue weighted by Crippen LogP contribution is -2.22. The van der Waals surface area contributed by atoms with Gasteiger partial charge in [-0.3, -0.25) is 9.36 Å². The van der Waals surface area contributed by atoms with Crippen LogP contribution in [-0.4, -0.2) is 31.8 Å². The van der Waals surface area contributed by atoms with Crippen LogP contribution in [0.25, 0.3) is 0 Å². The highest BCUT2D eigenvalue weighted by molar-refractivity contribution is 7.87. The van der Waals surface area contributed by atoms with Gasteiger partial charge in [-0.1, -0.05) is 18.2 Å². The van der Waals surface area contributed by atoms with Crippen LogP contribution < -0.4 is 9.74 Å². The second-order valence-corrected chi connectivity index (χ2v) is 8.68. The van der Waals surface area contributed by atoms with Crippen molar-refractivity contribution >= 4 is 21.5 Å². The number of aromatic hydroxyl groups is 1.